The number of thiazole rings is 1. The van der Waals surface area contributed by atoms with Gasteiger partial charge in [0.05, 0.1) is 5.38 Å². The van der Waals surface area contributed by atoms with Crippen molar-refractivity contribution >= 4 is 39.6 Å². The number of oxime groups is 1. The molecular formula is C14H16BrIN2OS. The van der Waals surface area contributed by atoms with Gasteiger partial charge in [-0.1, -0.05) is 35.5 Å². The summed E-state index contributed by atoms with van der Waals surface area (Å²) >= 11 is 4.02. The van der Waals surface area contributed by atoms with E-state index in [1.807, 2.05) is 24.3 Å². The molecule has 0 radical (unpaired) electrons. The van der Waals surface area contributed by atoms with Crippen LogP contribution < -0.4 is 21.5 Å². The summed E-state index contributed by atoms with van der Waals surface area (Å²) in [6.07, 6.45) is 0.990. The molecule has 1 aromatic carbocycles. The third-order valence-electron chi connectivity index (χ3n) is 3.00. The Morgan fingerprint density at radius 3 is 2.55 bits per heavy atom. The summed E-state index contributed by atoms with van der Waals surface area (Å²) in [6.45, 7) is 4.83. The van der Waals surface area contributed by atoms with Crippen LogP contribution in [0, 0.1) is 10.5 Å². The van der Waals surface area contributed by atoms with Crippen molar-refractivity contribution in [1.29, 1.82) is 0 Å². The van der Waals surface area contributed by atoms with Crippen LogP contribution in [0.3, 0.4) is 0 Å². The summed E-state index contributed by atoms with van der Waals surface area (Å²) in [6, 6.07) is 8.02. The monoisotopic (exact) mass is 466 g/mol. The highest BCUT2D eigenvalue weighted by Gasteiger charge is 2.19. The standard InChI is InChI=1S/C14H15IN2OS.BrH/c1-3-14-17(10(2)9-19-14)8-13(16-18)11-4-6-12(15)7-5-11;/h4-7,9H,3,8H2,1-2H3;1H/b16-13-;. The van der Waals surface area contributed by atoms with Gasteiger partial charge in [-0.3, -0.25) is 0 Å². The van der Waals surface area contributed by atoms with E-state index >= 15 is 0 Å². The van der Waals surface area contributed by atoms with Gasteiger partial charge >= 0.3 is 0 Å². The highest BCUT2D eigenvalue weighted by Crippen LogP contribution is 2.11. The molecule has 0 saturated carbocycles. The number of rotatable bonds is 4. The van der Waals surface area contributed by atoms with Gasteiger partial charge in [-0.15, -0.1) is 0 Å². The highest BCUT2D eigenvalue weighted by atomic mass is 127. The molecule has 0 aliphatic carbocycles. The maximum atomic E-state index is 9.28. The van der Waals surface area contributed by atoms with Crippen LogP contribution >= 0.6 is 33.9 Å². The second-order valence-electron chi connectivity index (χ2n) is 4.26. The van der Waals surface area contributed by atoms with Crippen LogP contribution in [0.2, 0.25) is 0 Å². The summed E-state index contributed by atoms with van der Waals surface area (Å²) < 4.78 is 3.38. The normalized spacial score (nSPS) is 11.2. The lowest BCUT2D eigenvalue weighted by Gasteiger charge is -2.03. The maximum Gasteiger partial charge on any atom is 0.237 e. The molecule has 1 N–H and O–H groups in total. The molecule has 3 nitrogen and oxygen atoms in total. The van der Waals surface area contributed by atoms with E-state index in [1.165, 1.54) is 14.3 Å². The van der Waals surface area contributed by atoms with Crippen LogP contribution in [-0.4, -0.2) is 10.9 Å². The molecule has 0 atom stereocenters. The lowest BCUT2D eigenvalue weighted by molar-refractivity contribution is -0.689. The second-order valence-corrected chi connectivity index (χ2v) is 6.45. The van der Waals surface area contributed by atoms with Crippen LogP contribution in [-0.2, 0) is 13.0 Å². The Balaban J connectivity index is 0.00000200. The van der Waals surface area contributed by atoms with Crippen LogP contribution in [0.25, 0.3) is 0 Å². The number of benzene rings is 1. The van der Waals surface area contributed by atoms with Gasteiger partial charge in [-0.2, -0.15) is 4.57 Å². The average molecular weight is 467 g/mol. The molecule has 2 aromatic rings. The van der Waals surface area contributed by atoms with E-state index in [1.54, 1.807) is 11.3 Å². The van der Waals surface area contributed by atoms with Crippen LogP contribution in [0.15, 0.2) is 34.8 Å². The molecule has 6 heteroatoms. The van der Waals surface area contributed by atoms with Crippen LogP contribution in [0.5, 0.6) is 0 Å². The Kier molecular flexibility index (Phi) is 7.11. The Hall–Kier alpha value is -0.470. The zero-order valence-corrected chi connectivity index (χ0v) is 15.9. The van der Waals surface area contributed by atoms with Gasteiger partial charge in [0.15, 0.2) is 18.0 Å². The zero-order chi connectivity index (χ0) is 13.8. The van der Waals surface area contributed by atoms with E-state index in [2.05, 4.69) is 51.5 Å². The number of hydrogen-bond donors (Lipinski definition) is 1. The third kappa shape index (κ3) is 4.02. The van der Waals surface area contributed by atoms with E-state index in [0.717, 1.165) is 12.0 Å². The second kappa shape index (κ2) is 8.09. The molecule has 1 aromatic heterocycles. The molecule has 108 valence electrons. The minimum atomic E-state index is 0. The summed E-state index contributed by atoms with van der Waals surface area (Å²) in [4.78, 5) is 0. The number of aromatic nitrogens is 1. The molecule has 1 heterocycles. The van der Waals surface area contributed by atoms with E-state index in [0.29, 0.717) is 12.3 Å². The summed E-state index contributed by atoms with van der Waals surface area (Å²) in [5.41, 5.74) is 2.86. The molecular weight excluding hydrogens is 451 g/mol. The SMILES string of the molecule is CCc1scc(C)[n+]1C/C(=N/O)c1ccc(I)cc1.[Br-]. The van der Waals surface area contributed by atoms with Crippen molar-refractivity contribution in [3.63, 3.8) is 0 Å². The van der Waals surface area contributed by atoms with Crippen molar-refractivity contribution < 1.29 is 26.8 Å². The summed E-state index contributed by atoms with van der Waals surface area (Å²) in [5, 5.41) is 16.2. The predicted octanol–water partition coefficient (Wildman–Crippen LogP) is 0.394. The van der Waals surface area contributed by atoms with E-state index < -0.39 is 0 Å². The van der Waals surface area contributed by atoms with E-state index in [-0.39, 0.29) is 17.0 Å². The van der Waals surface area contributed by atoms with Crippen LogP contribution in [0.4, 0.5) is 0 Å². The van der Waals surface area contributed by atoms with Gasteiger partial charge in [0.2, 0.25) is 5.01 Å². The van der Waals surface area contributed by atoms with Gasteiger partial charge < -0.3 is 22.2 Å². The van der Waals surface area contributed by atoms with Crippen molar-refractivity contribution in [1.82, 2.24) is 0 Å². The first-order valence-corrected chi connectivity index (χ1v) is 8.05. The number of halogens is 2. The fourth-order valence-corrected chi connectivity index (χ4v) is 3.23. The van der Waals surface area contributed by atoms with Gasteiger partial charge in [-0.25, -0.2) is 0 Å². The molecule has 0 unspecified atom stereocenters. The molecule has 20 heavy (non-hydrogen) atoms. The number of nitrogens with zero attached hydrogens (tertiary/aromatic N) is 2. The molecule has 2 rings (SSSR count). The molecule has 0 amide bonds. The largest absolute Gasteiger partial charge is 1.00 e. The van der Waals surface area contributed by atoms with Gasteiger partial charge in [-0.05, 0) is 34.7 Å². The first-order chi connectivity index (χ1) is 9.15. The fraction of sp³-hybridized carbons (Fsp3) is 0.286. The average Bonchev–Trinajstić information content (AvgIpc) is 2.78. The van der Waals surface area contributed by atoms with Gasteiger partial charge in [0, 0.05) is 22.5 Å². The molecule has 0 aliphatic rings. The topological polar surface area (TPSA) is 36.5 Å². The van der Waals surface area contributed by atoms with Crippen molar-refractivity contribution in [2.75, 3.05) is 0 Å². The Labute approximate surface area is 147 Å². The lowest BCUT2D eigenvalue weighted by atomic mass is 10.1. The molecule has 0 fully saturated rings. The first-order valence-electron chi connectivity index (χ1n) is 6.09. The minimum Gasteiger partial charge on any atom is -1.00 e. The van der Waals surface area contributed by atoms with E-state index in [9.17, 15) is 5.21 Å². The third-order valence-corrected chi connectivity index (χ3v) is 4.96. The van der Waals surface area contributed by atoms with E-state index in [4.69, 9.17) is 0 Å². The van der Waals surface area contributed by atoms with Crippen molar-refractivity contribution in [3.05, 3.63) is 49.5 Å². The first kappa shape index (κ1) is 17.6. The Morgan fingerprint density at radius 1 is 1.35 bits per heavy atom. The number of aryl methyl sites for hydroxylation is 2. The van der Waals surface area contributed by atoms with Crippen molar-refractivity contribution in [3.8, 4) is 0 Å². The summed E-state index contributed by atoms with van der Waals surface area (Å²) in [5.74, 6) is 0. The summed E-state index contributed by atoms with van der Waals surface area (Å²) in [7, 11) is 0. The van der Waals surface area contributed by atoms with Crippen molar-refractivity contribution in [2.45, 2.75) is 26.8 Å². The molecule has 0 saturated heterocycles. The van der Waals surface area contributed by atoms with Crippen molar-refractivity contribution in [2.24, 2.45) is 5.16 Å². The van der Waals surface area contributed by atoms with Gasteiger partial charge in [0.1, 0.15) is 0 Å². The predicted molar refractivity (Wildman–Crippen MR) is 86.1 cm³/mol. The smallest absolute Gasteiger partial charge is 0.237 e. The molecule has 0 aliphatic heterocycles. The highest BCUT2D eigenvalue weighted by molar-refractivity contribution is 14.1. The maximum absolute atomic E-state index is 9.28. The Morgan fingerprint density at radius 2 is 2.00 bits per heavy atom. The lowest BCUT2D eigenvalue weighted by Crippen LogP contribution is -3.00. The van der Waals surface area contributed by atoms with Gasteiger partial charge in [0.25, 0.3) is 0 Å². The minimum absolute atomic E-state index is 0. The zero-order valence-electron chi connectivity index (χ0n) is 11.3. The van der Waals surface area contributed by atoms with Crippen LogP contribution in [0.1, 0.15) is 23.2 Å². The molecule has 0 bridgehead atoms. The Bertz CT molecular complexity index is 596. The molecule has 0 spiro atoms. The number of hydrogen-bond acceptors (Lipinski definition) is 3. The quantitative estimate of drug-likeness (QED) is 0.229. The fourth-order valence-electron chi connectivity index (χ4n) is 1.94.